The largest absolute Gasteiger partial charge is 0.355 e. The van der Waals surface area contributed by atoms with Gasteiger partial charge in [-0.3, -0.25) is 4.79 Å². The Bertz CT molecular complexity index is 1170. The fraction of sp³-hybridized carbons (Fsp3) is 0.0476. The number of benzene rings is 2. The summed E-state index contributed by atoms with van der Waals surface area (Å²) in [5.41, 5.74) is 3.77. The van der Waals surface area contributed by atoms with Gasteiger partial charge in [0.2, 0.25) is 0 Å². The molecule has 0 bridgehead atoms. The molecule has 2 aromatic carbocycles. The molecule has 4 nitrogen and oxygen atoms in total. The Morgan fingerprint density at radius 1 is 1.00 bits per heavy atom. The Hall–Kier alpha value is -3.54. The van der Waals surface area contributed by atoms with Crippen LogP contribution >= 0.6 is 0 Å². The summed E-state index contributed by atoms with van der Waals surface area (Å²) in [6, 6.07) is 16.2. The summed E-state index contributed by atoms with van der Waals surface area (Å²) < 4.78 is 28.8. The van der Waals surface area contributed by atoms with Crippen LogP contribution in [0.4, 0.5) is 8.78 Å². The Morgan fingerprint density at radius 3 is 2.59 bits per heavy atom. The molecule has 0 saturated heterocycles. The lowest BCUT2D eigenvalue weighted by molar-refractivity contribution is 0.0963. The topological polar surface area (TPSA) is 46.4 Å². The summed E-state index contributed by atoms with van der Waals surface area (Å²) in [6.07, 6.45) is 1.77. The maximum atomic E-state index is 14.0. The smallest absolute Gasteiger partial charge is 0.251 e. The number of hydrogen-bond donors (Lipinski definition) is 1. The van der Waals surface area contributed by atoms with Crippen LogP contribution in [0.1, 0.15) is 10.4 Å². The highest BCUT2D eigenvalue weighted by Gasteiger charge is 2.12. The van der Waals surface area contributed by atoms with Crippen LogP contribution in [0.25, 0.3) is 27.9 Å². The first-order chi connectivity index (χ1) is 13.0. The van der Waals surface area contributed by atoms with E-state index in [0.717, 1.165) is 22.7 Å². The van der Waals surface area contributed by atoms with E-state index >= 15 is 0 Å². The van der Waals surface area contributed by atoms with Gasteiger partial charge in [0.1, 0.15) is 11.6 Å². The average Bonchev–Trinajstić information content (AvgIpc) is 3.10. The number of fused-ring (bicyclic) bond motifs is 1. The van der Waals surface area contributed by atoms with E-state index in [9.17, 15) is 13.6 Å². The highest BCUT2D eigenvalue weighted by atomic mass is 19.1. The molecule has 0 unspecified atom stereocenters. The van der Waals surface area contributed by atoms with Gasteiger partial charge in [0, 0.05) is 30.4 Å². The van der Waals surface area contributed by atoms with Gasteiger partial charge in [0.05, 0.1) is 11.2 Å². The van der Waals surface area contributed by atoms with Gasteiger partial charge < -0.3 is 5.32 Å². The van der Waals surface area contributed by atoms with Gasteiger partial charge in [0.25, 0.3) is 5.91 Å². The van der Waals surface area contributed by atoms with Crippen molar-refractivity contribution in [2.75, 3.05) is 7.05 Å². The number of carbonyl (C=O) groups excluding carboxylic acids is 1. The summed E-state index contributed by atoms with van der Waals surface area (Å²) in [5, 5.41) is 6.96. The highest BCUT2D eigenvalue weighted by molar-refractivity contribution is 5.95. The highest BCUT2D eigenvalue weighted by Crippen LogP contribution is 2.27. The molecule has 27 heavy (non-hydrogen) atoms. The molecule has 0 atom stereocenters. The maximum absolute atomic E-state index is 14.0. The van der Waals surface area contributed by atoms with Crippen molar-refractivity contribution in [3.8, 4) is 22.4 Å². The standard InChI is InChI=1S/C21H15F2N3O/c1-24-21(27)15-4-2-3-13(9-15)14-7-8-26-17(10-14)12-20(25-26)18-6-5-16(22)11-19(18)23/h2-12H,1H3,(H,24,27). The minimum Gasteiger partial charge on any atom is -0.355 e. The van der Waals surface area contributed by atoms with Crippen molar-refractivity contribution >= 4 is 11.4 Å². The van der Waals surface area contributed by atoms with Gasteiger partial charge in [0.15, 0.2) is 0 Å². The molecule has 6 heteroatoms. The van der Waals surface area contributed by atoms with E-state index in [2.05, 4.69) is 10.4 Å². The first-order valence-electron chi connectivity index (χ1n) is 8.32. The van der Waals surface area contributed by atoms with Crippen LogP contribution in [-0.4, -0.2) is 22.6 Å². The summed E-state index contributed by atoms with van der Waals surface area (Å²) in [4.78, 5) is 11.8. The monoisotopic (exact) mass is 363 g/mol. The molecule has 0 saturated carbocycles. The van der Waals surface area contributed by atoms with Gasteiger partial charge in [-0.25, -0.2) is 13.3 Å². The molecule has 1 amide bonds. The second kappa shape index (κ2) is 6.64. The molecule has 2 aromatic heterocycles. The van der Waals surface area contributed by atoms with Crippen LogP contribution in [0.15, 0.2) is 66.9 Å². The van der Waals surface area contributed by atoms with E-state index in [1.165, 1.54) is 12.1 Å². The number of nitrogens with zero attached hydrogens (tertiary/aromatic N) is 2. The summed E-state index contributed by atoms with van der Waals surface area (Å²) >= 11 is 0. The quantitative estimate of drug-likeness (QED) is 0.590. The van der Waals surface area contributed by atoms with Gasteiger partial charge in [-0.15, -0.1) is 0 Å². The van der Waals surface area contributed by atoms with Crippen molar-refractivity contribution in [1.82, 2.24) is 14.9 Å². The van der Waals surface area contributed by atoms with Crippen LogP contribution in [0.2, 0.25) is 0 Å². The molecule has 0 fully saturated rings. The molecule has 4 rings (SSSR count). The van der Waals surface area contributed by atoms with E-state index in [4.69, 9.17) is 0 Å². The van der Waals surface area contributed by atoms with Gasteiger partial charge in [-0.1, -0.05) is 12.1 Å². The van der Waals surface area contributed by atoms with Crippen LogP contribution in [0, 0.1) is 11.6 Å². The maximum Gasteiger partial charge on any atom is 0.251 e. The van der Waals surface area contributed by atoms with Gasteiger partial charge in [-0.05, 0) is 53.6 Å². The molecular formula is C21H15F2N3O. The van der Waals surface area contributed by atoms with Crippen LogP contribution in [0.5, 0.6) is 0 Å². The number of carbonyl (C=O) groups is 1. The van der Waals surface area contributed by atoms with E-state index in [1.54, 1.807) is 29.9 Å². The van der Waals surface area contributed by atoms with E-state index in [0.29, 0.717) is 11.3 Å². The molecule has 0 aliphatic rings. The molecule has 0 spiro atoms. The van der Waals surface area contributed by atoms with Crippen molar-refractivity contribution in [3.63, 3.8) is 0 Å². The lowest BCUT2D eigenvalue weighted by Gasteiger charge is -2.05. The van der Waals surface area contributed by atoms with E-state index < -0.39 is 11.6 Å². The molecular weight excluding hydrogens is 348 g/mol. The second-order valence-corrected chi connectivity index (χ2v) is 6.10. The van der Waals surface area contributed by atoms with E-state index in [-0.39, 0.29) is 11.5 Å². The normalized spacial score (nSPS) is 10.9. The third kappa shape index (κ3) is 3.17. The SMILES string of the molecule is CNC(=O)c1cccc(-c2ccn3nc(-c4ccc(F)cc4F)cc3c2)c1. The van der Waals surface area contributed by atoms with Crippen molar-refractivity contribution in [2.45, 2.75) is 0 Å². The minimum absolute atomic E-state index is 0.156. The fourth-order valence-corrected chi connectivity index (χ4v) is 2.99. The summed E-state index contributed by atoms with van der Waals surface area (Å²) in [5.74, 6) is -1.44. The Balaban J connectivity index is 1.76. The predicted molar refractivity (Wildman–Crippen MR) is 99.4 cm³/mol. The number of rotatable bonds is 3. The number of nitrogens with one attached hydrogen (secondary N) is 1. The second-order valence-electron chi connectivity index (χ2n) is 6.10. The fourth-order valence-electron chi connectivity index (χ4n) is 2.99. The Labute approximate surface area is 154 Å². The van der Waals surface area contributed by atoms with Crippen molar-refractivity contribution in [2.24, 2.45) is 0 Å². The van der Waals surface area contributed by atoms with Crippen molar-refractivity contribution in [3.05, 3.63) is 84.1 Å². The zero-order valence-electron chi connectivity index (χ0n) is 14.4. The van der Waals surface area contributed by atoms with Gasteiger partial charge >= 0.3 is 0 Å². The number of amides is 1. The number of hydrogen-bond acceptors (Lipinski definition) is 2. The van der Waals surface area contributed by atoms with Crippen LogP contribution in [-0.2, 0) is 0 Å². The molecule has 0 aliphatic carbocycles. The van der Waals surface area contributed by atoms with Crippen LogP contribution < -0.4 is 5.32 Å². The first-order valence-corrected chi connectivity index (χ1v) is 8.32. The molecule has 4 aromatic rings. The zero-order valence-corrected chi connectivity index (χ0v) is 14.4. The number of aromatic nitrogens is 2. The molecule has 1 N–H and O–H groups in total. The third-order valence-corrected chi connectivity index (χ3v) is 4.36. The van der Waals surface area contributed by atoms with E-state index in [1.807, 2.05) is 30.3 Å². The number of pyridine rings is 1. The third-order valence-electron chi connectivity index (χ3n) is 4.36. The Morgan fingerprint density at radius 2 is 1.81 bits per heavy atom. The summed E-state index contributed by atoms with van der Waals surface area (Å²) in [7, 11) is 1.59. The predicted octanol–water partition coefficient (Wildman–Crippen LogP) is 4.31. The zero-order chi connectivity index (χ0) is 19.0. The molecule has 2 heterocycles. The van der Waals surface area contributed by atoms with Crippen molar-refractivity contribution < 1.29 is 13.6 Å². The summed E-state index contributed by atoms with van der Waals surface area (Å²) in [6.45, 7) is 0. The Kier molecular flexibility index (Phi) is 4.16. The lowest BCUT2D eigenvalue weighted by Crippen LogP contribution is -2.17. The molecule has 134 valence electrons. The minimum atomic E-state index is -0.656. The van der Waals surface area contributed by atoms with Crippen LogP contribution in [0.3, 0.4) is 0 Å². The average molecular weight is 363 g/mol. The van der Waals surface area contributed by atoms with Crippen molar-refractivity contribution in [1.29, 1.82) is 0 Å². The number of halogens is 2. The van der Waals surface area contributed by atoms with Gasteiger partial charge in [-0.2, -0.15) is 5.10 Å². The first kappa shape index (κ1) is 16.9. The molecule has 0 aliphatic heterocycles. The lowest BCUT2D eigenvalue weighted by atomic mass is 10.0. The molecule has 0 radical (unpaired) electrons.